The number of anilines is 2. The van der Waals surface area contributed by atoms with Gasteiger partial charge in [0.05, 0.1) is 59.7 Å². The molecule has 0 radical (unpaired) electrons. The number of carbonyl (C=O) groups is 4. The van der Waals surface area contributed by atoms with Gasteiger partial charge in [0.15, 0.2) is 0 Å². The van der Waals surface area contributed by atoms with Gasteiger partial charge < -0.3 is 50.4 Å². The number of carboxylic acids is 4. The molecule has 113 heavy (non-hydrogen) atoms. The van der Waals surface area contributed by atoms with E-state index >= 15 is 0 Å². The molecule has 2 aromatic carbocycles. The number of halogens is 2. The fourth-order valence-corrected chi connectivity index (χ4v) is 10.4. The van der Waals surface area contributed by atoms with Crippen molar-refractivity contribution in [2.24, 2.45) is 0 Å². The Kier molecular flexibility index (Phi) is 56.5. The Balaban J connectivity index is 0.00000150. The van der Waals surface area contributed by atoms with Crippen molar-refractivity contribution in [3.63, 3.8) is 0 Å². The molecule has 22 nitrogen and oxygen atoms in total. The van der Waals surface area contributed by atoms with Crippen LogP contribution in [0.5, 0.6) is 0 Å². The van der Waals surface area contributed by atoms with Crippen LogP contribution in [-0.4, -0.2) is 180 Å². The first kappa shape index (κ1) is 105. The number of aliphatic hydroxyl groups excluding tert-OH is 4. The third kappa shape index (κ3) is 50.4. The Labute approximate surface area is 698 Å². The van der Waals surface area contributed by atoms with E-state index in [9.17, 15) is 75.4 Å². The van der Waals surface area contributed by atoms with Crippen LogP contribution in [-0.2, 0) is 39.2 Å². The molecule has 0 spiro atoms. The number of sulfonamides is 2. The van der Waals surface area contributed by atoms with Crippen molar-refractivity contribution in [3.05, 3.63) is 229 Å². The second kappa shape index (κ2) is 61.1. The van der Waals surface area contributed by atoms with Crippen LogP contribution in [0.1, 0.15) is 204 Å². The number of allylic oxidation sites excluding steroid dienone is 22. The summed E-state index contributed by atoms with van der Waals surface area (Å²) in [6.07, 6.45) is 62.0. The van der Waals surface area contributed by atoms with Gasteiger partial charge >= 0.3 is 49.7 Å². The maximum Gasteiger partial charge on any atom is 2.00 e. The number of carboxylic acid groups (broad SMARTS) is 4. The largest absolute Gasteiger partial charge is 2.00 e. The topological polar surface area (TPSA) is 362 Å². The van der Waals surface area contributed by atoms with Crippen molar-refractivity contribution >= 4 is 106 Å². The normalized spacial score (nSPS) is 13.4. The van der Waals surface area contributed by atoms with Crippen molar-refractivity contribution in [3.8, 4) is 22.5 Å². The minimum absolute atomic E-state index is 0. The zero-order chi connectivity index (χ0) is 83.9. The molecule has 4 aromatic rings. The minimum Gasteiger partial charge on any atom is -0.550 e. The summed E-state index contributed by atoms with van der Waals surface area (Å²) in [5.41, 5.74) is 3.52. The molecule has 0 aliphatic heterocycles. The zero-order valence-corrected chi connectivity index (χ0v) is 70.8. The van der Waals surface area contributed by atoms with Crippen LogP contribution >= 0.6 is 0 Å². The fourth-order valence-electron chi connectivity index (χ4n) is 9.66. The maximum absolute atomic E-state index is 13.5. The molecule has 4 atom stereocenters. The van der Waals surface area contributed by atoms with Crippen LogP contribution in [0.2, 0.25) is 0 Å². The molecule has 0 fully saturated rings. The van der Waals surface area contributed by atoms with Gasteiger partial charge in [0.25, 0.3) is 0 Å². The number of unbranched alkanes of at least 4 members (excludes halogenated alkanes) is 1. The first-order chi connectivity index (χ1) is 53.1. The van der Waals surface area contributed by atoms with Gasteiger partial charge in [-0.2, -0.15) is 0 Å². The zero-order valence-electron chi connectivity index (χ0n) is 67.0. The number of aliphatic hydroxyl groups is 4. The van der Waals surface area contributed by atoms with E-state index in [1.54, 1.807) is 0 Å². The first-order valence-corrected chi connectivity index (χ1v) is 41.1. The number of aliphatic carboxylic acids is 4. The number of nitrogens with zero attached hydrogens (tertiary/aromatic N) is 6. The Morgan fingerprint density at radius 3 is 0.973 bits per heavy atom. The van der Waals surface area contributed by atoms with Crippen LogP contribution in [0, 0.1) is 11.6 Å². The molecule has 614 valence electrons. The molecule has 0 unspecified atom stereocenters. The Morgan fingerprint density at radius 2 is 0.717 bits per heavy atom. The van der Waals surface area contributed by atoms with Crippen molar-refractivity contribution in [2.45, 2.75) is 206 Å². The molecule has 0 saturated heterocycles. The van der Waals surface area contributed by atoms with Gasteiger partial charge in [0.2, 0.25) is 31.9 Å². The summed E-state index contributed by atoms with van der Waals surface area (Å²) in [6.45, 7) is 11.7. The van der Waals surface area contributed by atoms with Crippen LogP contribution in [0.4, 0.5) is 20.7 Å². The van der Waals surface area contributed by atoms with Gasteiger partial charge in [-0.15, -0.1) is 0 Å². The van der Waals surface area contributed by atoms with Gasteiger partial charge in [-0.3, -0.25) is 9.59 Å². The molecule has 27 heteroatoms. The van der Waals surface area contributed by atoms with Crippen LogP contribution < -0.4 is 18.8 Å². The van der Waals surface area contributed by atoms with Crippen LogP contribution in [0.25, 0.3) is 34.7 Å². The Bertz CT molecular complexity index is 3940. The molecule has 0 aliphatic rings. The second-order valence-electron chi connectivity index (χ2n) is 26.3. The van der Waals surface area contributed by atoms with Crippen LogP contribution in [0.15, 0.2) is 194 Å². The number of aromatic nitrogens is 4. The standard InChI is InChI=1S/2C22H28FN3O6S.C22H32O2.C20H30O2.Ca/c2*1-13(2)20-18(10-9-16(27)11-17(28)12-19(29)30)21(14-5-7-15(23)8-6-14)25-22(24-20)26(3)33(4,31)32;1-2-3-4-5-6-7-8-9-10-11-12-13-14-15-16-17-18-19-20-21-22(23)24;1-2-3-4-5-6-7-8-9-10-11-12-13-14-15-16-17-18-19-20(21)22;/h2*5-10,13,16-17,27-28H,11-12H2,1-4H3,(H,29,30);3-4,6-7,9-10,12-13,15-16,18-19H,2,5,8,11,14,17,20-21H2,1H3,(H,23,24);3-4,6-7,9-10,12-13,15-16H,2,5,8,11,14,17-19H2,1H3,(H,21,22);/q;;;;+2/p-2/b2*10-9+;4-3-,7-6-,10-9-,13-12-,16-15-,19-18-;4-3-,7-6-,10-9-,13-12-,16-15-;/t2*16-,17-;;;/m11.../s1. The monoisotopic (exact) mass is 1630 g/mol. The molecule has 0 aliphatic carbocycles. The van der Waals surface area contributed by atoms with Crippen molar-refractivity contribution in [1.29, 1.82) is 0 Å². The van der Waals surface area contributed by atoms with E-state index in [0.717, 1.165) is 105 Å². The van der Waals surface area contributed by atoms with Gasteiger partial charge in [0, 0.05) is 86.8 Å². The second-order valence-corrected chi connectivity index (χ2v) is 30.3. The average molecular weight is 1630 g/mol. The van der Waals surface area contributed by atoms with E-state index in [4.69, 9.17) is 10.2 Å². The summed E-state index contributed by atoms with van der Waals surface area (Å²) < 4.78 is 77.1. The number of carbonyl (C=O) groups excluding carboxylic acids is 2. The molecule has 0 saturated carbocycles. The minimum atomic E-state index is -3.66. The third-order valence-corrected chi connectivity index (χ3v) is 18.0. The SMILES string of the molecule is CC(C)c1nc(N(C)S(C)(=O)=O)nc(-c2ccc(F)cc2)c1/C=C/[C@@H](O)C[C@@H](O)CC(=O)[O-].CC(C)c1nc(N(C)S(C)(=O)=O)nc(-c2ccc(F)cc2)c1/C=C/[C@@H](O)C[C@@H](O)CC(=O)[O-].CC/C=C\C/C=C\C/C=C\C/C=C\C/C=C\C/C=C\CCC(=O)O.CC/C=C\C/C=C\C/C=C\C/C=C\C/C=C\CCCC(=O)O.[Ca+2]. The van der Waals surface area contributed by atoms with Gasteiger partial charge in [-0.25, -0.2) is 54.2 Å². The smallest absolute Gasteiger partial charge is 0.550 e. The summed E-state index contributed by atoms with van der Waals surface area (Å²) in [5, 5.41) is 78.1. The predicted octanol–water partition coefficient (Wildman–Crippen LogP) is 14.3. The molecule has 2 heterocycles. The van der Waals surface area contributed by atoms with E-state index in [2.05, 4.69) is 155 Å². The van der Waals surface area contributed by atoms with Gasteiger partial charge in [0.1, 0.15) is 11.6 Å². The van der Waals surface area contributed by atoms with Gasteiger partial charge in [-0.05, 0) is 150 Å². The van der Waals surface area contributed by atoms with Crippen molar-refractivity contribution in [1.82, 2.24) is 19.9 Å². The summed E-state index contributed by atoms with van der Waals surface area (Å²) in [6, 6.07) is 10.9. The molecule has 0 amide bonds. The molecular formula is C86H116CaF2N6O16S2. The molecular weight excluding hydrogens is 1520 g/mol. The third-order valence-electron chi connectivity index (χ3n) is 15.7. The average Bonchev–Trinajstić information content (AvgIpc) is 0.787. The summed E-state index contributed by atoms with van der Waals surface area (Å²) in [5.74, 6) is -5.73. The quantitative estimate of drug-likeness (QED) is 0.0136. The predicted molar refractivity (Wildman–Crippen MR) is 447 cm³/mol. The number of hydrogen-bond acceptors (Lipinski definition) is 18. The summed E-state index contributed by atoms with van der Waals surface area (Å²) in [7, 11) is -4.67. The molecule has 6 N–H and O–H groups in total. The summed E-state index contributed by atoms with van der Waals surface area (Å²) in [4.78, 5) is 59.5. The number of benzene rings is 2. The van der Waals surface area contributed by atoms with Crippen LogP contribution in [0.3, 0.4) is 0 Å². The molecule has 2 aromatic heterocycles. The number of hydrogen-bond donors (Lipinski definition) is 6. The van der Waals surface area contributed by atoms with Crippen molar-refractivity contribution in [2.75, 3.05) is 35.2 Å². The van der Waals surface area contributed by atoms with E-state index in [-0.39, 0.29) is 87.2 Å². The van der Waals surface area contributed by atoms with Crippen molar-refractivity contribution < 1.29 is 85.6 Å². The van der Waals surface area contributed by atoms with E-state index in [0.29, 0.717) is 51.5 Å². The van der Waals surface area contributed by atoms with E-state index in [1.807, 2.05) is 39.8 Å². The first-order valence-electron chi connectivity index (χ1n) is 37.4. The summed E-state index contributed by atoms with van der Waals surface area (Å²) >= 11 is 0. The molecule has 0 bridgehead atoms. The maximum atomic E-state index is 13.5. The van der Waals surface area contributed by atoms with Gasteiger partial charge in [-0.1, -0.05) is 200 Å². The Hall–Kier alpha value is -8.44. The Morgan fingerprint density at radius 1 is 0.442 bits per heavy atom. The fraction of sp³-hybridized carbons (Fsp3) is 0.419. The molecule has 4 rings (SSSR count). The van der Waals surface area contributed by atoms with E-state index in [1.165, 1.54) is 86.9 Å². The number of rotatable bonds is 47. The van der Waals surface area contributed by atoms with E-state index < -0.39 is 92.8 Å².